The quantitative estimate of drug-likeness (QED) is 0.677. The molecular formula is C16H31N3O2. The van der Waals surface area contributed by atoms with Crippen molar-refractivity contribution in [3.63, 3.8) is 0 Å². The Bertz CT molecular complexity index is 325. The largest absolute Gasteiger partial charge is 0.369 e. The highest BCUT2D eigenvalue weighted by Gasteiger charge is 2.19. The van der Waals surface area contributed by atoms with E-state index in [0.29, 0.717) is 18.8 Å². The number of amides is 2. The van der Waals surface area contributed by atoms with Gasteiger partial charge in [0.1, 0.15) is 0 Å². The molecule has 1 aliphatic rings. The van der Waals surface area contributed by atoms with Crippen LogP contribution >= 0.6 is 0 Å². The second-order valence-corrected chi connectivity index (χ2v) is 6.28. The lowest BCUT2D eigenvalue weighted by molar-refractivity contribution is -0.123. The number of carbonyl (C=O) groups is 2. The minimum atomic E-state index is -0.331. The third-order valence-corrected chi connectivity index (χ3v) is 4.41. The second-order valence-electron chi connectivity index (χ2n) is 6.28. The highest BCUT2D eigenvalue weighted by Crippen LogP contribution is 2.16. The highest BCUT2D eigenvalue weighted by molar-refractivity contribution is 5.79. The highest BCUT2D eigenvalue weighted by atomic mass is 16.2. The van der Waals surface area contributed by atoms with Crippen molar-refractivity contribution in [2.45, 2.75) is 52.4 Å². The SMILES string of the molecule is CCCCN1CCC(CNC(=O)CC[C@H](C)C(N)=O)CC1. The fourth-order valence-electron chi connectivity index (χ4n) is 2.63. The molecule has 0 unspecified atom stereocenters. The number of unbranched alkanes of at least 4 members (excludes halogenated alkanes) is 1. The van der Waals surface area contributed by atoms with E-state index in [9.17, 15) is 9.59 Å². The lowest BCUT2D eigenvalue weighted by Gasteiger charge is -2.31. The summed E-state index contributed by atoms with van der Waals surface area (Å²) in [6.45, 7) is 8.27. The van der Waals surface area contributed by atoms with Gasteiger partial charge in [0.05, 0.1) is 0 Å². The van der Waals surface area contributed by atoms with Gasteiger partial charge >= 0.3 is 0 Å². The number of nitrogens with two attached hydrogens (primary N) is 1. The van der Waals surface area contributed by atoms with E-state index >= 15 is 0 Å². The number of likely N-dealkylation sites (tertiary alicyclic amines) is 1. The predicted octanol–water partition coefficient (Wildman–Crippen LogP) is 1.52. The average molecular weight is 297 g/mol. The summed E-state index contributed by atoms with van der Waals surface area (Å²) in [7, 11) is 0. The van der Waals surface area contributed by atoms with Crippen molar-refractivity contribution in [1.29, 1.82) is 0 Å². The Labute approximate surface area is 128 Å². The number of primary amides is 1. The van der Waals surface area contributed by atoms with E-state index in [1.165, 1.54) is 32.2 Å². The van der Waals surface area contributed by atoms with Gasteiger partial charge in [0.2, 0.25) is 11.8 Å². The van der Waals surface area contributed by atoms with Crippen molar-refractivity contribution in [3.05, 3.63) is 0 Å². The Morgan fingerprint density at radius 3 is 2.57 bits per heavy atom. The fraction of sp³-hybridized carbons (Fsp3) is 0.875. The van der Waals surface area contributed by atoms with Crippen LogP contribution in [0.2, 0.25) is 0 Å². The number of hydrogen-bond acceptors (Lipinski definition) is 3. The van der Waals surface area contributed by atoms with Crippen LogP contribution in [0.25, 0.3) is 0 Å². The summed E-state index contributed by atoms with van der Waals surface area (Å²) < 4.78 is 0. The van der Waals surface area contributed by atoms with E-state index in [1.807, 2.05) is 0 Å². The van der Waals surface area contributed by atoms with Crippen molar-refractivity contribution in [2.75, 3.05) is 26.2 Å². The summed E-state index contributed by atoms with van der Waals surface area (Å²) in [4.78, 5) is 25.2. The van der Waals surface area contributed by atoms with Crippen molar-refractivity contribution in [3.8, 4) is 0 Å². The lowest BCUT2D eigenvalue weighted by Crippen LogP contribution is -2.39. The van der Waals surface area contributed by atoms with Crippen LogP contribution in [0.4, 0.5) is 0 Å². The summed E-state index contributed by atoms with van der Waals surface area (Å²) in [5.41, 5.74) is 5.19. The number of hydrogen-bond donors (Lipinski definition) is 2. The first-order valence-electron chi connectivity index (χ1n) is 8.31. The van der Waals surface area contributed by atoms with E-state index < -0.39 is 0 Å². The van der Waals surface area contributed by atoms with E-state index in [-0.39, 0.29) is 17.7 Å². The molecule has 5 heteroatoms. The first-order chi connectivity index (χ1) is 10.0. The van der Waals surface area contributed by atoms with E-state index in [2.05, 4.69) is 17.1 Å². The molecule has 1 saturated heterocycles. The molecule has 1 aliphatic heterocycles. The second kappa shape index (κ2) is 9.77. The zero-order valence-electron chi connectivity index (χ0n) is 13.6. The Morgan fingerprint density at radius 1 is 1.33 bits per heavy atom. The molecule has 5 nitrogen and oxygen atoms in total. The van der Waals surface area contributed by atoms with Gasteiger partial charge in [-0.1, -0.05) is 20.3 Å². The molecule has 0 aromatic carbocycles. The molecule has 3 N–H and O–H groups in total. The molecule has 1 heterocycles. The minimum Gasteiger partial charge on any atom is -0.369 e. The van der Waals surface area contributed by atoms with Crippen LogP contribution in [-0.2, 0) is 9.59 Å². The number of rotatable bonds is 9. The molecule has 0 radical (unpaired) electrons. The molecule has 0 spiro atoms. The summed E-state index contributed by atoms with van der Waals surface area (Å²) in [5, 5.41) is 3.00. The summed E-state index contributed by atoms with van der Waals surface area (Å²) >= 11 is 0. The molecule has 0 aromatic heterocycles. The maximum Gasteiger partial charge on any atom is 0.220 e. The van der Waals surface area contributed by atoms with E-state index in [4.69, 9.17) is 5.73 Å². The van der Waals surface area contributed by atoms with Gasteiger partial charge in [0.15, 0.2) is 0 Å². The van der Waals surface area contributed by atoms with Gasteiger partial charge in [-0.3, -0.25) is 9.59 Å². The van der Waals surface area contributed by atoms with E-state index in [0.717, 1.165) is 19.6 Å². The monoisotopic (exact) mass is 297 g/mol. The molecular weight excluding hydrogens is 266 g/mol. The summed E-state index contributed by atoms with van der Waals surface area (Å²) in [5.74, 6) is 0.0803. The van der Waals surface area contributed by atoms with Crippen molar-refractivity contribution in [2.24, 2.45) is 17.6 Å². The van der Waals surface area contributed by atoms with Gasteiger partial charge in [-0.2, -0.15) is 0 Å². The number of piperidine rings is 1. The summed E-state index contributed by atoms with van der Waals surface area (Å²) in [6, 6.07) is 0. The number of nitrogens with one attached hydrogen (secondary N) is 1. The van der Waals surface area contributed by atoms with Crippen LogP contribution in [0.1, 0.15) is 52.4 Å². The molecule has 122 valence electrons. The van der Waals surface area contributed by atoms with Gasteiger partial charge in [-0.15, -0.1) is 0 Å². The van der Waals surface area contributed by atoms with Crippen LogP contribution in [0, 0.1) is 11.8 Å². The Balaban J connectivity index is 2.10. The molecule has 1 atom stereocenters. The van der Waals surface area contributed by atoms with Gasteiger partial charge in [0, 0.05) is 18.9 Å². The summed E-state index contributed by atoms with van der Waals surface area (Å²) in [6.07, 6.45) is 5.79. The molecule has 1 rings (SSSR count). The Hall–Kier alpha value is -1.10. The molecule has 0 saturated carbocycles. The standard InChI is InChI=1S/C16H31N3O2/c1-3-4-9-19-10-7-14(8-11-19)12-18-15(20)6-5-13(2)16(17)21/h13-14H,3-12H2,1-2H3,(H2,17,21)(H,18,20)/t13-/m0/s1. The maximum atomic E-state index is 11.7. The minimum absolute atomic E-state index is 0.0384. The Kier molecular flexibility index (Phi) is 8.35. The molecule has 0 aliphatic carbocycles. The third-order valence-electron chi connectivity index (χ3n) is 4.41. The topological polar surface area (TPSA) is 75.4 Å². The zero-order valence-corrected chi connectivity index (χ0v) is 13.6. The van der Waals surface area contributed by atoms with Crippen LogP contribution in [0.5, 0.6) is 0 Å². The van der Waals surface area contributed by atoms with Gasteiger partial charge in [-0.25, -0.2) is 0 Å². The van der Waals surface area contributed by atoms with Crippen LogP contribution in [-0.4, -0.2) is 42.9 Å². The van der Waals surface area contributed by atoms with Crippen molar-refractivity contribution in [1.82, 2.24) is 10.2 Å². The van der Waals surface area contributed by atoms with E-state index in [1.54, 1.807) is 6.92 Å². The van der Waals surface area contributed by atoms with Crippen LogP contribution in [0.3, 0.4) is 0 Å². The smallest absolute Gasteiger partial charge is 0.220 e. The molecule has 2 amide bonds. The molecule has 0 bridgehead atoms. The van der Waals surface area contributed by atoms with Gasteiger partial charge in [0.25, 0.3) is 0 Å². The van der Waals surface area contributed by atoms with Crippen molar-refractivity contribution < 1.29 is 9.59 Å². The van der Waals surface area contributed by atoms with Gasteiger partial charge in [-0.05, 0) is 51.2 Å². The number of nitrogens with zero attached hydrogens (tertiary/aromatic N) is 1. The lowest BCUT2D eigenvalue weighted by atomic mass is 9.96. The first-order valence-corrected chi connectivity index (χ1v) is 8.31. The van der Waals surface area contributed by atoms with Crippen molar-refractivity contribution >= 4 is 11.8 Å². The average Bonchev–Trinajstić information content (AvgIpc) is 2.49. The number of carbonyl (C=O) groups excluding carboxylic acids is 2. The molecule has 1 fully saturated rings. The predicted molar refractivity (Wildman–Crippen MR) is 84.7 cm³/mol. The van der Waals surface area contributed by atoms with Gasteiger partial charge < -0.3 is 16.0 Å². The zero-order chi connectivity index (χ0) is 15.7. The normalized spacial score (nSPS) is 18.4. The molecule has 0 aromatic rings. The third kappa shape index (κ3) is 7.46. The molecule has 21 heavy (non-hydrogen) atoms. The van der Waals surface area contributed by atoms with Crippen LogP contribution in [0.15, 0.2) is 0 Å². The fourth-order valence-corrected chi connectivity index (χ4v) is 2.63. The van der Waals surface area contributed by atoms with Crippen LogP contribution < -0.4 is 11.1 Å². The maximum absolute atomic E-state index is 11.7. The first kappa shape index (κ1) is 18.0. The Morgan fingerprint density at radius 2 is 2.00 bits per heavy atom.